The SMILES string of the molecule is CCCC1CCC(=O)C(Cc2cc(OC)cc(C)n2)C1. The highest BCUT2D eigenvalue weighted by Crippen LogP contribution is 2.32. The van der Waals surface area contributed by atoms with Gasteiger partial charge in [-0.15, -0.1) is 0 Å². The zero-order valence-electron chi connectivity index (χ0n) is 12.8. The monoisotopic (exact) mass is 275 g/mol. The summed E-state index contributed by atoms with van der Waals surface area (Å²) >= 11 is 0. The van der Waals surface area contributed by atoms with E-state index in [1.54, 1.807) is 7.11 Å². The van der Waals surface area contributed by atoms with Gasteiger partial charge in [0.2, 0.25) is 0 Å². The van der Waals surface area contributed by atoms with Gasteiger partial charge in [-0.25, -0.2) is 0 Å². The van der Waals surface area contributed by atoms with Crippen molar-refractivity contribution in [3.05, 3.63) is 23.5 Å². The fourth-order valence-electron chi connectivity index (χ4n) is 3.25. The first-order valence-electron chi connectivity index (χ1n) is 7.66. The second-order valence-electron chi connectivity index (χ2n) is 5.94. The average molecular weight is 275 g/mol. The maximum atomic E-state index is 12.1. The number of Topliss-reactive ketones (excluding diaryl/α,β-unsaturated/α-hetero) is 1. The molecule has 0 saturated heterocycles. The fourth-order valence-corrected chi connectivity index (χ4v) is 3.25. The molecule has 2 atom stereocenters. The molecule has 2 unspecified atom stereocenters. The molecule has 110 valence electrons. The van der Waals surface area contributed by atoms with Gasteiger partial charge in [0.15, 0.2) is 0 Å². The van der Waals surface area contributed by atoms with E-state index in [9.17, 15) is 4.79 Å². The average Bonchev–Trinajstić information content (AvgIpc) is 2.42. The van der Waals surface area contributed by atoms with Crippen LogP contribution in [-0.2, 0) is 11.2 Å². The van der Waals surface area contributed by atoms with E-state index in [1.807, 2.05) is 19.1 Å². The highest BCUT2D eigenvalue weighted by Gasteiger charge is 2.28. The number of ketones is 1. The zero-order valence-corrected chi connectivity index (χ0v) is 12.8. The third-order valence-corrected chi connectivity index (χ3v) is 4.24. The van der Waals surface area contributed by atoms with Crippen molar-refractivity contribution in [2.75, 3.05) is 7.11 Å². The first-order chi connectivity index (χ1) is 9.62. The Kier molecular flexibility index (Phi) is 5.16. The first kappa shape index (κ1) is 15.0. The van der Waals surface area contributed by atoms with Crippen LogP contribution in [0.4, 0.5) is 0 Å². The van der Waals surface area contributed by atoms with Crippen molar-refractivity contribution in [3.63, 3.8) is 0 Å². The predicted molar refractivity (Wildman–Crippen MR) is 80.0 cm³/mol. The number of ether oxygens (including phenoxy) is 1. The maximum Gasteiger partial charge on any atom is 0.136 e. The number of aromatic nitrogens is 1. The molecule has 0 spiro atoms. The van der Waals surface area contributed by atoms with Crippen LogP contribution in [0.5, 0.6) is 5.75 Å². The Morgan fingerprint density at radius 3 is 2.90 bits per heavy atom. The van der Waals surface area contributed by atoms with E-state index in [-0.39, 0.29) is 5.92 Å². The van der Waals surface area contributed by atoms with Gasteiger partial charge < -0.3 is 4.74 Å². The van der Waals surface area contributed by atoms with E-state index < -0.39 is 0 Å². The summed E-state index contributed by atoms with van der Waals surface area (Å²) in [7, 11) is 1.67. The summed E-state index contributed by atoms with van der Waals surface area (Å²) in [6.07, 6.45) is 6.07. The van der Waals surface area contributed by atoms with Crippen molar-refractivity contribution in [1.29, 1.82) is 0 Å². The molecule has 3 nitrogen and oxygen atoms in total. The number of hydrogen-bond acceptors (Lipinski definition) is 3. The molecule has 20 heavy (non-hydrogen) atoms. The summed E-state index contributed by atoms with van der Waals surface area (Å²) < 4.78 is 5.29. The Bertz CT molecular complexity index is 470. The number of carbonyl (C=O) groups is 1. The molecule has 0 radical (unpaired) electrons. The quantitative estimate of drug-likeness (QED) is 0.822. The molecule has 0 bridgehead atoms. The summed E-state index contributed by atoms with van der Waals surface area (Å²) in [6, 6.07) is 3.88. The summed E-state index contributed by atoms with van der Waals surface area (Å²) in [5.41, 5.74) is 1.94. The Balaban J connectivity index is 2.07. The smallest absolute Gasteiger partial charge is 0.136 e. The standard InChI is InChI=1S/C17H25NO2/c1-4-5-13-6-7-17(19)14(9-13)10-15-11-16(20-3)8-12(2)18-15/h8,11,13-14H,4-7,9-10H2,1-3H3. The topological polar surface area (TPSA) is 39.2 Å². The lowest BCUT2D eigenvalue weighted by Crippen LogP contribution is -2.27. The lowest BCUT2D eigenvalue weighted by Gasteiger charge is -2.27. The minimum Gasteiger partial charge on any atom is -0.497 e. The molecule has 1 saturated carbocycles. The number of nitrogens with zero attached hydrogens (tertiary/aromatic N) is 1. The van der Waals surface area contributed by atoms with Crippen LogP contribution in [0.2, 0.25) is 0 Å². The maximum absolute atomic E-state index is 12.1. The highest BCUT2D eigenvalue weighted by atomic mass is 16.5. The molecule has 1 heterocycles. The van der Waals surface area contributed by atoms with Crippen molar-refractivity contribution >= 4 is 5.78 Å². The lowest BCUT2D eigenvalue weighted by molar-refractivity contribution is -0.125. The predicted octanol–water partition coefficient (Wildman–Crippen LogP) is 3.73. The third-order valence-electron chi connectivity index (χ3n) is 4.24. The second-order valence-corrected chi connectivity index (χ2v) is 5.94. The number of rotatable bonds is 5. The molecule has 3 heteroatoms. The van der Waals surface area contributed by atoms with E-state index in [2.05, 4.69) is 11.9 Å². The van der Waals surface area contributed by atoms with Crippen molar-refractivity contribution in [2.45, 2.75) is 52.4 Å². The molecule has 1 aliphatic carbocycles. The van der Waals surface area contributed by atoms with Crippen molar-refractivity contribution in [1.82, 2.24) is 4.98 Å². The molecule has 0 amide bonds. The van der Waals surface area contributed by atoms with Crippen LogP contribution in [0.25, 0.3) is 0 Å². The molecule has 0 N–H and O–H groups in total. The third kappa shape index (κ3) is 3.81. The van der Waals surface area contributed by atoms with E-state index in [4.69, 9.17) is 4.74 Å². The minimum atomic E-state index is 0.152. The molecule has 1 aromatic heterocycles. The first-order valence-corrected chi connectivity index (χ1v) is 7.66. The van der Waals surface area contributed by atoms with Gasteiger partial charge in [0, 0.05) is 35.9 Å². The van der Waals surface area contributed by atoms with Crippen LogP contribution in [-0.4, -0.2) is 17.9 Å². The Labute approximate surface area is 121 Å². The largest absolute Gasteiger partial charge is 0.497 e. The molecule has 1 fully saturated rings. The van der Waals surface area contributed by atoms with Gasteiger partial charge in [-0.2, -0.15) is 0 Å². The van der Waals surface area contributed by atoms with Crippen LogP contribution in [0.1, 0.15) is 50.4 Å². The van der Waals surface area contributed by atoms with Crippen molar-refractivity contribution < 1.29 is 9.53 Å². The van der Waals surface area contributed by atoms with Crippen LogP contribution < -0.4 is 4.74 Å². The number of hydrogen-bond donors (Lipinski definition) is 0. The van der Waals surface area contributed by atoms with Crippen LogP contribution in [0.15, 0.2) is 12.1 Å². The van der Waals surface area contributed by atoms with Crippen molar-refractivity contribution in [2.24, 2.45) is 11.8 Å². The fraction of sp³-hybridized carbons (Fsp3) is 0.647. The van der Waals surface area contributed by atoms with Crippen LogP contribution in [0.3, 0.4) is 0 Å². The Morgan fingerprint density at radius 2 is 2.20 bits per heavy atom. The number of aryl methyl sites for hydroxylation is 1. The second kappa shape index (κ2) is 6.87. The molecule has 0 aliphatic heterocycles. The van der Waals surface area contributed by atoms with Gasteiger partial charge in [-0.1, -0.05) is 19.8 Å². The van der Waals surface area contributed by atoms with Gasteiger partial charge in [-0.3, -0.25) is 9.78 Å². The molecule has 0 aromatic carbocycles. The molecule has 1 aliphatic rings. The number of methoxy groups -OCH3 is 1. The van der Waals surface area contributed by atoms with Gasteiger partial charge in [0.1, 0.15) is 11.5 Å². The van der Waals surface area contributed by atoms with E-state index in [0.29, 0.717) is 5.78 Å². The van der Waals surface area contributed by atoms with Gasteiger partial charge in [0.25, 0.3) is 0 Å². The van der Waals surface area contributed by atoms with Crippen molar-refractivity contribution in [3.8, 4) is 5.75 Å². The molecule has 2 rings (SSSR count). The summed E-state index contributed by atoms with van der Waals surface area (Å²) in [5, 5.41) is 0. The summed E-state index contributed by atoms with van der Waals surface area (Å²) in [4.78, 5) is 16.7. The summed E-state index contributed by atoms with van der Waals surface area (Å²) in [5.74, 6) is 2.12. The van der Waals surface area contributed by atoms with Gasteiger partial charge in [-0.05, 0) is 32.1 Å². The number of carbonyl (C=O) groups excluding carboxylic acids is 1. The highest BCUT2D eigenvalue weighted by molar-refractivity contribution is 5.82. The molecule has 1 aromatic rings. The molecular formula is C17H25NO2. The van der Waals surface area contributed by atoms with Gasteiger partial charge >= 0.3 is 0 Å². The Hall–Kier alpha value is -1.38. The van der Waals surface area contributed by atoms with Crippen LogP contribution in [0, 0.1) is 18.8 Å². The lowest BCUT2D eigenvalue weighted by atomic mass is 9.77. The summed E-state index contributed by atoms with van der Waals surface area (Å²) in [6.45, 7) is 4.19. The van der Waals surface area contributed by atoms with E-state index in [0.717, 1.165) is 48.7 Å². The van der Waals surface area contributed by atoms with Crippen LogP contribution >= 0.6 is 0 Å². The minimum absolute atomic E-state index is 0.152. The molecular weight excluding hydrogens is 250 g/mol. The zero-order chi connectivity index (χ0) is 14.5. The number of pyridine rings is 1. The normalized spacial score (nSPS) is 22.9. The van der Waals surface area contributed by atoms with E-state index >= 15 is 0 Å². The Morgan fingerprint density at radius 1 is 1.40 bits per heavy atom. The van der Waals surface area contributed by atoms with Gasteiger partial charge in [0.05, 0.1) is 7.11 Å². The van der Waals surface area contributed by atoms with E-state index in [1.165, 1.54) is 12.8 Å².